The molecule has 0 aliphatic heterocycles. The fraction of sp³-hybridized carbons (Fsp3) is 0.500. The molecular weight excluding hydrogens is 255 g/mol. The van der Waals surface area contributed by atoms with Crippen molar-refractivity contribution in [1.82, 2.24) is 0 Å². The topological polar surface area (TPSA) is 12.4 Å². The van der Waals surface area contributed by atoms with E-state index in [0.717, 1.165) is 35.1 Å². The van der Waals surface area contributed by atoms with E-state index in [0.29, 0.717) is 13.0 Å². The molecule has 0 saturated heterocycles. The zero-order valence-electron chi connectivity index (χ0n) is 8.38. The summed E-state index contributed by atoms with van der Waals surface area (Å²) in [4.78, 5) is 3.97. The minimum Gasteiger partial charge on any atom is -0.233 e. The van der Waals surface area contributed by atoms with Gasteiger partial charge in [-0.15, -0.1) is 11.3 Å². The summed E-state index contributed by atoms with van der Waals surface area (Å²) < 4.78 is 36.8. The zero-order chi connectivity index (χ0) is 12.0. The molecule has 6 heteroatoms. The zero-order valence-corrected chi connectivity index (χ0v) is 10.0. The van der Waals surface area contributed by atoms with Crippen LogP contribution in [-0.2, 0) is 12.6 Å². The Hall–Kier alpha value is -0.710. The van der Waals surface area contributed by atoms with E-state index in [9.17, 15) is 13.2 Å². The quantitative estimate of drug-likeness (QED) is 0.441. The van der Waals surface area contributed by atoms with Crippen LogP contribution in [0.25, 0.3) is 0 Å². The van der Waals surface area contributed by atoms with Gasteiger partial charge in [0.15, 0.2) is 0 Å². The number of thiophene rings is 1. The third-order valence-electron chi connectivity index (χ3n) is 1.95. The van der Waals surface area contributed by atoms with Crippen molar-refractivity contribution in [2.75, 3.05) is 6.54 Å². The molecule has 0 radical (unpaired) electrons. The number of alkyl halides is 3. The Morgan fingerprint density at radius 2 is 2.06 bits per heavy atom. The highest BCUT2D eigenvalue weighted by atomic mass is 32.1. The van der Waals surface area contributed by atoms with Crippen LogP contribution in [0.2, 0.25) is 0 Å². The highest BCUT2D eigenvalue weighted by Gasteiger charge is 2.32. The van der Waals surface area contributed by atoms with Crippen LogP contribution in [0.1, 0.15) is 22.6 Å². The second-order valence-corrected chi connectivity index (χ2v) is 4.54. The third-order valence-corrected chi connectivity index (χ3v) is 3.27. The number of aliphatic imine (C=N–C) groups is 1. The lowest BCUT2D eigenvalue weighted by atomic mass is 10.2. The van der Waals surface area contributed by atoms with Crippen molar-refractivity contribution in [3.05, 3.63) is 21.9 Å². The van der Waals surface area contributed by atoms with Gasteiger partial charge in [0.1, 0.15) is 4.88 Å². The molecule has 88 valence electrons. The van der Waals surface area contributed by atoms with E-state index >= 15 is 0 Å². The fourth-order valence-corrected chi connectivity index (χ4v) is 2.21. The number of halogens is 3. The number of aryl methyl sites for hydroxylation is 1. The van der Waals surface area contributed by atoms with E-state index in [1.165, 1.54) is 6.07 Å². The van der Waals surface area contributed by atoms with Gasteiger partial charge >= 0.3 is 6.18 Å². The smallest absolute Gasteiger partial charge is 0.233 e. The molecule has 0 spiro atoms. The Balaban J connectivity index is 2.38. The molecule has 0 aliphatic rings. The Labute approximate surface area is 101 Å². The van der Waals surface area contributed by atoms with Crippen molar-refractivity contribution >= 4 is 28.7 Å². The predicted molar refractivity (Wildman–Crippen MR) is 62.2 cm³/mol. The first-order valence-electron chi connectivity index (χ1n) is 4.73. The van der Waals surface area contributed by atoms with Crippen LogP contribution in [0.15, 0.2) is 17.1 Å². The normalized spacial score (nSPS) is 11.2. The van der Waals surface area contributed by atoms with Crippen LogP contribution in [0.3, 0.4) is 0 Å². The summed E-state index contributed by atoms with van der Waals surface area (Å²) in [5.74, 6) is 0. The van der Waals surface area contributed by atoms with Gasteiger partial charge < -0.3 is 0 Å². The first kappa shape index (κ1) is 13.4. The van der Waals surface area contributed by atoms with Gasteiger partial charge in [-0.3, -0.25) is 0 Å². The number of hydrogen-bond donors (Lipinski definition) is 0. The largest absolute Gasteiger partial charge is 0.425 e. The highest BCUT2D eigenvalue weighted by Crippen LogP contribution is 2.34. The SMILES string of the molecule is FC(F)(F)c1ccc(CCCCN=C=S)s1. The number of unbranched alkanes of at least 4 members (excludes halogenated alkanes) is 1. The lowest BCUT2D eigenvalue weighted by Crippen LogP contribution is -2.00. The fourth-order valence-electron chi connectivity index (χ4n) is 1.20. The van der Waals surface area contributed by atoms with Crippen molar-refractivity contribution < 1.29 is 13.2 Å². The van der Waals surface area contributed by atoms with Crippen LogP contribution >= 0.6 is 23.6 Å². The first-order valence-corrected chi connectivity index (χ1v) is 5.96. The second kappa shape index (κ2) is 6.13. The standard InChI is InChI=1S/C10H10F3NS2/c11-10(12,13)9-5-4-8(16-9)3-1-2-6-14-7-15/h4-5H,1-3,6H2. The molecule has 1 aromatic rings. The molecule has 0 unspecified atom stereocenters. The van der Waals surface area contributed by atoms with Crippen molar-refractivity contribution in [2.24, 2.45) is 4.99 Å². The summed E-state index contributed by atoms with van der Waals surface area (Å²) >= 11 is 5.21. The monoisotopic (exact) mass is 265 g/mol. The number of rotatable bonds is 5. The molecule has 0 aliphatic carbocycles. The summed E-state index contributed by atoms with van der Waals surface area (Å²) in [6.07, 6.45) is -1.92. The maximum Gasteiger partial charge on any atom is 0.425 e. The van der Waals surface area contributed by atoms with Crippen LogP contribution in [0, 0.1) is 0 Å². The van der Waals surface area contributed by atoms with Crippen molar-refractivity contribution in [3.63, 3.8) is 0 Å². The van der Waals surface area contributed by atoms with Gasteiger partial charge in [0.05, 0.1) is 5.16 Å². The van der Waals surface area contributed by atoms with Gasteiger partial charge in [-0.1, -0.05) is 0 Å². The number of nitrogens with zero attached hydrogens (tertiary/aromatic N) is 1. The van der Waals surface area contributed by atoms with E-state index in [2.05, 4.69) is 22.4 Å². The Morgan fingerprint density at radius 1 is 1.31 bits per heavy atom. The molecule has 1 rings (SSSR count). The van der Waals surface area contributed by atoms with E-state index < -0.39 is 11.1 Å². The van der Waals surface area contributed by atoms with Crippen LogP contribution < -0.4 is 0 Å². The molecule has 1 heterocycles. The van der Waals surface area contributed by atoms with Crippen molar-refractivity contribution in [1.29, 1.82) is 0 Å². The minimum absolute atomic E-state index is 0.528. The highest BCUT2D eigenvalue weighted by molar-refractivity contribution is 7.78. The lowest BCUT2D eigenvalue weighted by molar-refractivity contribution is -0.134. The second-order valence-electron chi connectivity index (χ2n) is 3.19. The Bertz CT molecular complexity index is 378. The predicted octanol–water partition coefficient (Wildman–Crippen LogP) is 4.19. The molecule has 1 aromatic heterocycles. The Morgan fingerprint density at radius 3 is 2.62 bits per heavy atom. The lowest BCUT2D eigenvalue weighted by Gasteiger charge is -2.00. The van der Waals surface area contributed by atoms with E-state index in [-0.39, 0.29) is 0 Å². The maximum atomic E-state index is 12.3. The molecule has 0 saturated carbocycles. The van der Waals surface area contributed by atoms with Crippen LogP contribution in [0.5, 0.6) is 0 Å². The first-order chi connectivity index (χ1) is 7.54. The summed E-state index contributed by atoms with van der Waals surface area (Å²) in [7, 11) is 0. The number of thiocarbonyl (C=S) groups is 1. The molecule has 0 fully saturated rings. The molecule has 1 nitrogen and oxygen atoms in total. The minimum atomic E-state index is -4.22. The van der Waals surface area contributed by atoms with E-state index in [4.69, 9.17) is 0 Å². The van der Waals surface area contributed by atoms with Gasteiger partial charge in [0.2, 0.25) is 0 Å². The molecule has 16 heavy (non-hydrogen) atoms. The van der Waals surface area contributed by atoms with Gasteiger partial charge in [-0.25, -0.2) is 4.99 Å². The molecular formula is C10H10F3NS2. The number of hydrogen-bond acceptors (Lipinski definition) is 3. The van der Waals surface area contributed by atoms with Crippen molar-refractivity contribution in [3.8, 4) is 0 Å². The van der Waals surface area contributed by atoms with Crippen molar-refractivity contribution in [2.45, 2.75) is 25.4 Å². The molecule has 0 amide bonds. The average molecular weight is 265 g/mol. The molecule has 0 aromatic carbocycles. The van der Waals surface area contributed by atoms with Gasteiger partial charge in [-0.05, 0) is 43.6 Å². The Kier molecular flexibility index (Phi) is 5.12. The molecule has 0 N–H and O–H groups in total. The summed E-state index contributed by atoms with van der Waals surface area (Å²) in [5.41, 5.74) is 0. The average Bonchev–Trinajstić information content (AvgIpc) is 2.65. The molecule has 0 bridgehead atoms. The maximum absolute atomic E-state index is 12.3. The van der Waals surface area contributed by atoms with Crippen LogP contribution in [0.4, 0.5) is 13.2 Å². The summed E-state index contributed by atoms with van der Waals surface area (Å²) in [6, 6.07) is 2.67. The summed E-state index contributed by atoms with van der Waals surface area (Å²) in [5, 5.41) is 2.25. The van der Waals surface area contributed by atoms with Gasteiger partial charge in [0, 0.05) is 11.4 Å². The van der Waals surface area contributed by atoms with E-state index in [1.54, 1.807) is 0 Å². The van der Waals surface area contributed by atoms with Gasteiger partial charge in [-0.2, -0.15) is 13.2 Å². The van der Waals surface area contributed by atoms with E-state index in [1.807, 2.05) is 0 Å². The van der Waals surface area contributed by atoms with Gasteiger partial charge in [0.25, 0.3) is 0 Å². The summed E-state index contributed by atoms with van der Waals surface area (Å²) in [6.45, 7) is 0.598. The third kappa shape index (κ3) is 4.43. The molecule has 0 atom stereocenters. The number of isothiocyanates is 1. The van der Waals surface area contributed by atoms with Crippen LogP contribution in [-0.4, -0.2) is 11.7 Å².